The highest BCUT2D eigenvalue weighted by Crippen LogP contribution is 2.28. The van der Waals surface area contributed by atoms with E-state index in [1.807, 2.05) is 0 Å². The Labute approximate surface area is 120 Å². The molecular formula is C15H12ClFO3. The number of methoxy groups -OCH3 is 1. The third kappa shape index (κ3) is 3.27. The number of halogens is 2. The molecule has 2 aromatic carbocycles. The molecule has 2 rings (SSSR count). The Hall–Kier alpha value is -2.07. The Balaban J connectivity index is 2.17. The van der Waals surface area contributed by atoms with Crippen LogP contribution in [0.3, 0.4) is 0 Å². The van der Waals surface area contributed by atoms with Gasteiger partial charge in [0, 0.05) is 5.56 Å². The molecular weight excluding hydrogens is 283 g/mol. The Kier molecular flexibility index (Phi) is 4.58. The van der Waals surface area contributed by atoms with Crippen LogP contribution >= 0.6 is 11.6 Å². The first-order chi connectivity index (χ1) is 9.63. The minimum absolute atomic E-state index is 0.0642. The second kappa shape index (κ2) is 6.39. The molecule has 0 saturated heterocycles. The molecule has 0 bridgehead atoms. The Morgan fingerprint density at radius 2 is 2.00 bits per heavy atom. The van der Waals surface area contributed by atoms with Crippen LogP contribution < -0.4 is 9.47 Å². The van der Waals surface area contributed by atoms with E-state index in [1.165, 1.54) is 19.2 Å². The lowest BCUT2D eigenvalue weighted by atomic mass is 10.2. The van der Waals surface area contributed by atoms with Crippen LogP contribution in [0, 0.1) is 5.82 Å². The number of benzene rings is 2. The Morgan fingerprint density at radius 3 is 2.65 bits per heavy atom. The molecule has 0 amide bonds. The van der Waals surface area contributed by atoms with Gasteiger partial charge in [-0.25, -0.2) is 4.39 Å². The standard InChI is InChI=1S/C15H12ClFO3/c1-19-14-5-3-10(8-18)7-15(14)20-9-11-2-4-12(16)13(17)6-11/h2-8H,9H2,1H3. The van der Waals surface area contributed by atoms with Gasteiger partial charge in [0.05, 0.1) is 12.1 Å². The van der Waals surface area contributed by atoms with Gasteiger partial charge in [0.15, 0.2) is 11.5 Å². The second-order valence-electron chi connectivity index (χ2n) is 4.07. The molecule has 0 aromatic heterocycles. The van der Waals surface area contributed by atoms with Crippen molar-refractivity contribution in [3.8, 4) is 11.5 Å². The van der Waals surface area contributed by atoms with Crippen molar-refractivity contribution in [1.29, 1.82) is 0 Å². The maximum Gasteiger partial charge on any atom is 0.162 e. The summed E-state index contributed by atoms with van der Waals surface area (Å²) in [5.74, 6) is 0.430. The number of carbonyl (C=O) groups is 1. The van der Waals surface area contributed by atoms with Crippen LogP contribution in [0.25, 0.3) is 0 Å². The summed E-state index contributed by atoms with van der Waals surface area (Å²) in [6.45, 7) is 0.146. The molecule has 0 spiro atoms. The first-order valence-electron chi connectivity index (χ1n) is 5.84. The van der Waals surface area contributed by atoms with Crippen molar-refractivity contribution < 1.29 is 18.7 Å². The van der Waals surface area contributed by atoms with Crippen molar-refractivity contribution in [2.75, 3.05) is 7.11 Å². The number of ether oxygens (including phenoxy) is 2. The summed E-state index contributed by atoms with van der Waals surface area (Å²) in [5.41, 5.74) is 1.11. The van der Waals surface area contributed by atoms with Crippen LogP contribution in [0.4, 0.5) is 4.39 Å². The van der Waals surface area contributed by atoms with Gasteiger partial charge in [-0.2, -0.15) is 0 Å². The van der Waals surface area contributed by atoms with E-state index in [0.29, 0.717) is 28.9 Å². The van der Waals surface area contributed by atoms with Crippen LogP contribution in [0.5, 0.6) is 11.5 Å². The molecule has 0 N–H and O–H groups in total. The van der Waals surface area contributed by atoms with E-state index in [2.05, 4.69) is 0 Å². The molecule has 0 atom stereocenters. The molecule has 0 aliphatic heterocycles. The fraction of sp³-hybridized carbons (Fsp3) is 0.133. The molecule has 0 saturated carbocycles. The summed E-state index contributed by atoms with van der Waals surface area (Å²) >= 11 is 5.61. The van der Waals surface area contributed by atoms with Gasteiger partial charge in [-0.3, -0.25) is 4.79 Å². The van der Waals surface area contributed by atoms with E-state index in [4.69, 9.17) is 21.1 Å². The normalized spacial score (nSPS) is 10.2. The largest absolute Gasteiger partial charge is 0.493 e. The van der Waals surface area contributed by atoms with Gasteiger partial charge in [-0.05, 0) is 35.9 Å². The highest BCUT2D eigenvalue weighted by atomic mass is 35.5. The number of rotatable bonds is 5. The molecule has 5 heteroatoms. The second-order valence-corrected chi connectivity index (χ2v) is 4.47. The summed E-state index contributed by atoms with van der Waals surface area (Å²) < 4.78 is 24.0. The molecule has 0 aliphatic rings. The number of hydrogen-bond acceptors (Lipinski definition) is 3. The summed E-state index contributed by atoms with van der Waals surface area (Å²) in [4.78, 5) is 10.8. The average molecular weight is 295 g/mol. The topological polar surface area (TPSA) is 35.5 Å². The van der Waals surface area contributed by atoms with Crippen molar-refractivity contribution >= 4 is 17.9 Å². The predicted molar refractivity (Wildman–Crippen MR) is 74.1 cm³/mol. The van der Waals surface area contributed by atoms with Gasteiger partial charge in [0.25, 0.3) is 0 Å². The van der Waals surface area contributed by atoms with Gasteiger partial charge in [0.2, 0.25) is 0 Å². The highest BCUT2D eigenvalue weighted by Gasteiger charge is 2.07. The third-order valence-corrected chi connectivity index (χ3v) is 3.01. The zero-order valence-electron chi connectivity index (χ0n) is 10.7. The Bertz CT molecular complexity index is 629. The van der Waals surface area contributed by atoms with Crippen LogP contribution in [0.2, 0.25) is 5.02 Å². The molecule has 0 unspecified atom stereocenters. The average Bonchev–Trinajstić information content (AvgIpc) is 2.48. The maximum atomic E-state index is 13.3. The Morgan fingerprint density at radius 1 is 1.20 bits per heavy atom. The lowest BCUT2D eigenvalue weighted by molar-refractivity contribution is 0.112. The molecule has 3 nitrogen and oxygen atoms in total. The van der Waals surface area contributed by atoms with Crippen molar-refractivity contribution in [2.24, 2.45) is 0 Å². The molecule has 0 heterocycles. The van der Waals surface area contributed by atoms with Gasteiger partial charge < -0.3 is 9.47 Å². The molecule has 104 valence electrons. The van der Waals surface area contributed by atoms with Gasteiger partial charge in [-0.15, -0.1) is 0 Å². The SMILES string of the molecule is COc1ccc(C=O)cc1OCc1ccc(Cl)c(F)c1. The van der Waals surface area contributed by atoms with E-state index in [-0.39, 0.29) is 11.6 Å². The number of hydrogen-bond donors (Lipinski definition) is 0. The molecule has 0 fully saturated rings. The summed E-state index contributed by atoms with van der Waals surface area (Å²) in [6.07, 6.45) is 0.717. The van der Waals surface area contributed by atoms with E-state index in [1.54, 1.807) is 24.3 Å². The van der Waals surface area contributed by atoms with Crippen LogP contribution in [-0.2, 0) is 6.61 Å². The van der Waals surface area contributed by atoms with Gasteiger partial charge >= 0.3 is 0 Å². The van der Waals surface area contributed by atoms with Crippen molar-refractivity contribution in [3.05, 3.63) is 58.4 Å². The zero-order chi connectivity index (χ0) is 14.5. The third-order valence-electron chi connectivity index (χ3n) is 2.70. The summed E-state index contributed by atoms with van der Waals surface area (Å²) in [5, 5.41) is 0.0642. The van der Waals surface area contributed by atoms with Gasteiger partial charge in [-0.1, -0.05) is 17.7 Å². The highest BCUT2D eigenvalue weighted by molar-refractivity contribution is 6.30. The fourth-order valence-corrected chi connectivity index (χ4v) is 1.79. The van der Waals surface area contributed by atoms with Crippen molar-refractivity contribution in [2.45, 2.75) is 6.61 Å². The molecule has 2 aromatic rings. The molecule has 0 aliphatic carbocycles. The quantitative estimate of drug-likeness (QED) is 0.785. The van der Waals surface area contributed by atoms with Crippen molar-refractivity contribution in [1.82, 2.24) is 0 Å². The zero-order valence-corrected chi connectivity index (χ0v) is 11.5. The van der Waals surface area contributed by atoms with E-state index < -0.39 is 5.82 Å². The van der Waals surface area contributed by atoms with Crippen molar-refractivity contribution in [3.63, 3.8) is 0 Å². The lowest BCUT2D eigenvalue weighted by Gasteiger charge is -2.11. The van der Waals surface area contributed by atoms with E-state index in [0.717, 1.165) is 0 Å². The summed E-state index contributed by atoms with van der Waals surface area (Å²) in [7, 11) is 1.50. The fourth-order valence-electron chi connectivity index (χ4n) is 1.67. The molecule has 20 heavy (non-hydrogen) atoms. The van der Waals surface area contributed by atoms with E-state index >= 15 is 0 Å². The number of aldehydes is 1. The van der Waals surface area contributed by atoms with Crippen LogP contribution in [0.1, 0.15) is 15.9 Å². The van der Waals surface area contributed by atoms with Gasteiger partial charge in [0.1, 0.15) is 18.7 Å². The minimum atomic E-state index is -0.499. The van der Waals surface area contributed by atoms with Crippen LogP contribution in [-0.4, -0.2) is 13.4 Å². The van der Waals surface area contributed by atoms with Crippen LogP contribution in [0.15, 0.2) is 36.4 Å². The first kappa shape index (κ1) is 14.3. The predicted octanol–water partition coefficient (Wildman–Crippen LogP) is 3.88. The minimum Gasteiger partial charge on any atom is -0.493 e. The number of carbonyl (C=O) groups excluding carboxylic acids is 1. The smallest absolute Gasteiger partial charge is 0.162 e. The first-order valence-corrected chi connectivity index (χ1v) is 6.22. The summed E-state index contributed by atoms with van der Waals surface area (Å²) in [6, 6.07) is 9.27. The maximum absolute atomic E-state index is 13.3. The lowest BCUT2D eigenvalue weighted by Crippen LogP contribution is -1.99. The monoisotopic (exact) mass is 294 g/mol. The molecule has 0 radical (unpaired) electrons. The van der Waals surface area contributed by atoms with E-state index in [9.17, 15) is 9.18 Å².